The number of hydroxylamine groups is 2. The van der Waals surface area contributed by atoms with Gasteiger partial charge < -0.3 is 10.3 Å². The monoisotopic (exact) mass is 258 g/mol. The van der Waals surface area contributed by atoms with Gasteiger partial charge in [-0.1, -0.05) is 36.2 Å². The Labute approximate surface area is 112 Å². The van der Waals surface area contributed by atoms with Crippen molar-refractivity contribution in [3.05, 3.63) is 51.7 Å². The van der Waals surface area contributed by atoms with E-state index < -0.39 is 0 Å². The zero-order chi connectivity index (χ0) is 13.4. The summed E-state index contributed by atoms with van der Waals surface area (Å²) in [5, 5.41) is 13.5. The Morgan fingerprint density at radius 1 is 1.21 bits per heavy atom. The van der Waals surface area contributed by atoms with E-state index >= 15 is 0 Å². The molecule has 1 aliphatic carbocycles. The van der Waals surface area contributed by atoms with Crippen molar-refractivity contribution < 1.29 is 4.76 Å². The van der Waals surface area contributed by atoms with Crippen LogP contribution in [0.3, 0.4) is 0 Å². The molecule has 1 aliphatic heterocycles. The van der Waals surface area contributed by atoms with Crippen LogP contribution < -0.4 is 0 Å². The second-order valence-corrected chi connectivity index (χ2v) is 5.49. The van der Waals surface area contributed by atoms with Crippen LogP contribution >= 0.6 is 0 Å². The number of hydrogen-bond donors (Lipinski definition) is 0. The highest BCUT2D eigenvalue weighted by Gasteiger charge is 2.41. The molecular weight excluding hydrogens is 240 g/mol. The summed E-state index contributed by atoms with van der Waals surface area (Å²) in [6, 6.07) is 7.39. The van der Waals surface area contributed by atoms with Gasteiger partial charge >= 0.3 is 0 Å². The van der Waals surface area contributed by atoms with E-state index in [1.807, 2.05) is 31.2 Å². The van der Waals surface area contributed by atoms with E-state index in [-0.39, 0.29) is 12.1 Å². The van der Waals surface area contributed by atoms with Crippen molar-refractivity contribution in [1.29, 1.82) is 0 Å². The Morgan fingerprint density at radius 3 is 2.63 bits per heavy atom. The summed E-state index contributed by atoms with van der Waals surface area (Å²) in [4.78, 5) is 12.1. The topological polar surface area (TPSA) is 46.4 Å². The quantitative estimate of drug-likeness (QED) is 0.727. The number of hydrogen-bond acceptors (Lipinski definition) is 3. The van der Waals surface area contributed by atoms with Gasteiger partial charge in [-0.2, -0.15) is 0 Å². The first-order chi connectivity index (χ1) is 9.16. The lowest BCUT2D eigenvalue weighted by Gasteiger charge is -2.44. The Bertz CT molecular complexity index is 521. The fourth-order valence-electron chi connectivity index (χ4n) is 3.04. The van der Waals surface area contributed by atoms with Crippen LogP contribution in [0, 0.1) is 17.0 Å². The molecule has 3 rings (SSSR count). The van der Waals surface area contributed by atoms with Gasteiger partial charge in [0.15, 0.2) is 0 Å². The molecule has 19 heavy (non-hydrogen) atoms. The zero-order valence-corrected chi connectivity index (χ0v) is 11.1. The Hall–Kier alpha value is -1.68. The van der Waals surface area contributed by atoms with E-state index in [1.54, 1.807) is 0 Å². The van der Waals surface area contributed by atoms with Crippen LogP contribution in [0.15, 0.2) is 30.5 Å². The van der Waals surface area contributed by atoms with Gasteiger partial charge in [0, 0.05) is 21.7 Å². The Balaban J connectivity index is 1.96. The minimum Gasteiger partial charge on any atom is -0.758 e. The summed E-state index contributed by atoms with van der Waals surface area (Å²) < 4.78 is 0.993. The van der Waals surface area contributed by atoms with Crippen molar-refractivity contribution in [2.75, 3.05) is 0 Å². The van der Waals surface area contributed by atoms with E-state index in [1.165, 1.54) is 6.20 Å². The minimum absolute atomic E-state index is 0.166. The lowest BCUT2D eigenvalue weighted by molar-refractivity contribution is -0.536. The molecule has 1 fully saturated rings. The van der Waals surface area contributed by atoms with Gasteiger partial charge in [-0.3, -0.25) is 0 Å². The highest BCUT2D eigenvalue weighted by atomic mass is 16.5. The number of rotatable bonds is 1. The molecule has 1 saturated carbocycles. The number of benzene rings is 1. The molecule has 4 heteroatoms. The summed E-state index contributed by atoms with van der Waals surface area (Å²) in [5.74, 6) is 0. The number of nitrogens with zero attached hydrogens (tertiary/aromatic N) is 2. The number of nitroso groups, excluding NO2 is 1. The van der Waals surface area contributed by atoms with Crippen molar-refractivity contribution in [1.82, 2.24) is 5.06 Å². The van der Waals surface area contributed by atoms with E-state index in [2.05, 4.69) is 0 Å². The van der Waals surface area contributed by atoms with Gasteiger partial charge in [-0.05, 0) is 19.8 Å². The minimum atomic E-state index is -0.187. The maximum absolute atomic E-state index is 12.5. The zero-order valence-electron chi connectivity index (χ0n) is 11.1. The summed E-state index contributed by atoms with van der Waals surface area (Å²) in [7, 11) is 0. The average Bonchev–Trinajstić information content (AvgIpc) is 2.44. The third-order valence-corrected chi connectivity index (χ3v) is 4.16. The average molecular weight is 258 g/mol. The molecule has 0 radical (unpaired) electrons. The van der Waals surface area contributed by atoms with Crippen LogP contribution in [-0.4, -0.2) is 21.9 Å². The molecule has 100 valence electrons. The third-order valence-electron chi connectivity index (χ3n) is 4.16. The fraction of sp³-hybridized carbons (Fsp3) is 0.467. The molecule has 0 amide bonds. The van der Waals surface area contributed by atoms with Crippen LogP contribution in [0.2, 0.25) is 0 Å². The standard InChI is InChI=1S/C15H18N2O2/c1-11-6-8-12(9-7-11)15-10-16(18)13-4-2-3-5-14(13)17(15)19/h6-10,13-14H,2-5H2,1H3/t13-,14+/m1/s1. The van der Waals surface area contributed by atoms with Gasteiger partial charge in [0.1, 0.15) is 5.70 Å². The largest absolute Gasteiger partial charge is 0.758 e. The maximum Gasteiger partial charge on any atom is 0.244 e. The molecule has 4 nitrogen and oxygen atoms in total. The van der Waals surface area contributed by atoms with E-state index in [0.717, 1.165) is 46.6 Å². The van der Waals surface area contributed by atoms with E-state index in [0.29, 0.717) is 5.70 Å². The van der Waals surface area contributed by atoms with Crippen LogP contribution in [0.4, 0.5) is 0 Å². The highest BCUT2D eigenvalue weighted by Crippen LogP contribution is 2.34. The van der Waals surface area contributed by atoms with Crippen LogP contribution in [0.25, 0.3) is 5.70 Å². The molecule has 0 saturated heterocycles. The molecule has 2 atom stereocenters. The molecule has 1 aromatic carbocycles. The lowest BCUT2D eigenvalue weighted by atomic mass is 9.88. The first-order valence-electron chi connectivity index (χ1n) is 6.87. The van der Waals surface area contributed by atoms with Crippen molar-refractivity contribution in [2.45, 2.75) is 44.7 Å². The van der Waals surface area contributed by atoms with Crippen molar-refractivity contribution in [2.24, 2.45) is 0 Å². The van der Waals surface area contributed by atoms with E-state index in [4.69, 9.17) is 0 Å². The molecule has 0 bridgehead atoms. The first-order valence-corrected chi connectivity index (χ1v) is 6.87. The van der Waals surface area contributed by atoms with Crippen molar-refractivity contribution >= 4 is 5.70 Å². The normalized spacial score (nSPS) is 26.9. The molecular formula is C15H18N2O2. The van der Waals surface area contributed by atoms with Crippen LogP contribution in [0.1, 0.15) is 36.8 Å². The van der Waals surface area contributed by atoms with Gasteiger partial charge in [0.05, 0.1) is 6.04 Å². The van der Waals surface area contributed by atoms with Crippen LogP contribution in [-0.2, 0) is 0 Å². The van der Waals surface area contributed by atoms with Crippen LogP contribution in [0.5, 0.6) is 0 Å². The van der Waals surface area contributed by atoms with E-state index in [9.17, 15) is 10.1 Å². The van der Waals surface area contributed by atoms with Crippen molar-refractivity contribution in [3.63, 3.8) is 0 Å². The lowest BCUT2D eigenvalue weighted by Crippen LogP contribution is -2.49. The van der Waals surface area contributed by atoms with Gasteiger partial charge in [-0.15, -0.1) is 0 Å². The highest BCUT2D eigenvalue weighted by molar-refractivity contribution is 5.64. The van der Waals surface area contributed by atoms with Crippen molar-refractivity contribution in [3.8, 4) is 0 Å². The summed E-state index contributed by atoms with van der Waals surface area (Å²) in [6.07, 6.45) is 5.18. The second-order valence-electron chi connectivity index (χ2n) is 5.49. The number of fused-ring (bicyclic) bond motifs is 1. The Kier molecular flexibility index (Phi) is 3.11. The molecule has 0 spiro atoms. The molecule has 0 N–H and O–H groups in total. The molecule has 1 aromatic rings. The van der Waals surface area contributed by atoms with Gasteiger partial charge in [0.25, 0.3) is 0 Å². The van der Waals surface area contributed by atoms with Gasteiger partial charge in [0.2, 0.25) is 12.2 Å². The number of aryl methyl sites for hydroxylation is 1. The summed E-state index contributed by atoms with van der Waals surface area (Å²) in [6.45, 7) is 2.01. The summed E-state index contributed by atoms with van der Waals surface area (Å²) in [5.41, 5.74) is 2.47. The predicted molar refractivity (Wildman–Crippen MR) is 74.0 cm³/mol. The Morgan fingerprint density at radius 2 is 1.89 bits per heavy atom. The predicted octanol–water partition coefficient (Wildman–Crippen LogP) is 3.20. The summed E-state index contributed by atoms with van der Waals surface area (Å²) >= 11 is 0. The fourth-order valence-corrected chi connectivity index (χ4v) is 3.04. The molecule has 1 heterocycles. The van der Waals surface area contributed by atoms with Gasteiger partial charge in [-0.25, -0.2) is 0 Å². The maximum atomic E-state index is 12.5. The molecule has 0 aromatic heterocycles. The third kappa shape index (κ3) is 2.16. The smallest absolute Gasteiger partial charge is 0.244 e. The first kappa shape index (κ1) is 12.4. The molecule has 0 unspecified atom stereocenters. The SMILES string of the molecule is Cc1ccc(C2=C[N+](=O)[C@@H]3CCCC[C@@H]3N2[O-])cc1. The molecule has 2 aliphatic rings. The second kappa shape index (κ2) is 4.78.